The van der Waals surface area contributed by atoms with E-state index >= 15 is 0 Å². The van der Waals surface area contributed by atoms with Crippen LogP contribution in [0.25, 0.3) is 0 Å². The topological polar surface area (TPSA) is 12.0 Å². The summed E-state index contributed by atoms with van der Waals surface area (Å²) in [4.78, 5) is 0. The lowest BCUT2D eigenvalue weighted by molar-refractivity contribution is 0.216. The second-order valence-electron chi connectivity index (χ2n) is 5.91. The third-order valence-electron chi connectivity index (χ3n) is 4.29. The fourth-order valence-electron chi connectivity index (χ4n) is 3.00. The predicted molar refractivity (Wildman–Crippen MR) is 81.7 cm³/mol. The van der Waals surface area contributed by atoms with Crippen molar-refractivity contribution in [3.05, 3.63) is 34.3 Å². The Kier molecular flexibility index (Phi) is 4.85. The van der Waals surface area contributed by atoms with E-state index in [1.807, 2.05) is 0 Å². The zero-order valence-corrected chi connectivity index (χ0v) is 13.2. The van der Waals surface area contributed by atoms with Gasteiger partial charge in [0.2, 0.25) is 0 Å². The van der Waals surface area contributed by atoms with Gasteiger partial charge in [-0.25, -0.2) is 0 Å². The van der Waals surface area contributed by atoms with E-state index in [2.05, 4.69) is 66.3 Å². The zero-order valence-electron chi connectivity index (χ0n) is 11.6. The van der Waals surface area contributed by atoms with Crippen molar-refractivity contribution >= 4 is 15.9 Å². The number of nitrogens with one attached hydrogen (secondary N) is 1. The molecule has 0 bridgehead atoms. The molecule has 0 radical (unpaired) electrons. The van der Waals surface area contributed by atoms with Crippen LogP contribution in [0.1, 0.15) is 51.6 Å². The molecule has 4 atom stereocenters. The minimum absolute atomic E-state index is 0.415. The highest BCUT2D eigenvalue weighted by Crippen LogP contribution is 2.31. The molecule has 0 heterocycles. The van der Waals surface area contributed by atoms with Crippen molar-refractivity contribution < 1.29 is 0 Å². The summed E-state index contributed by atoms with van der Waals surface area (Å²) in [5.74, 6) is 1.66. The summed E-state index contributed by atoms with van der Waals surface area (Å²) in [6.45, 7) is 7.03. The van der Waals surface area contributed by atoms with Gasteiger partial charge in [0.25, 0.3) is 0 Å². The quantitative estimate of drug-likeness (QED) is 0.835. The Morgan fingerprint density at radius 1 is 1.22 bits per heavy atom. The number of benzene rings is 1. The molecule has 1 aliphatic carbocycles. The van der Waals surface area contributed by atoms with Crippen molar-refractivity contribution in [1.29, 1.82) is 0 Å². The van der Waals surface area contributed by atoms with Gasteiger partial charge in [-0.2, -0.15) is 0 Å². The van der Waals surface area contributed by atoms with Gasteiger partial charge in [0.1, 0.15) is 0 Å². The first-order valence-electron chi connectivity index (χ1n) is 7.08. The fourth-order valence-corrected chi connectivity index (χ4v) is 3.63. The van der Waals surface area contributed by atoms with Crippen LogP contribution in [-0.2, 0) is 0 Å². The van der Waals surface area contributed by atoms with Crippen molar-refractivity contribution in [3.63, 3.8) is 0 Å². The highest BCUT2D eigenvalue weighted by molar-refractivity contribution is 9.10. The van der Waals surface area contributed by atoms with Gasteiger partial charge in [0, 0.05) is 16.6 Å². The highest BCUT2D eigenvalue weighted by atomic mass is 79.9. The summed E-state index contributed by atoms with van der Waals surface area (Å²) < 4.78 is 1.21. The molecule has 2 rings (SSSR count). The lowest BCUT2D eigenvalue weighted by Crippen LogP contribution is -2.40. The van der Waals surface area contributed by atoms with Crippen LogP contribution < -0.4 is 5.32 Å². The van der Waals surface area contributed by atoms with E-state index in [-0.39, 0.29) is 0 Å². The predicted octanol–water partition coefficient (Wildman–Crippen LogP) is 4.92. The highest BCUT2D eigenvalue weighted by Gasteiger charge is 2.26. The average molecular weight is 310 g/mol. The van der Waals surface area contributed by atoms with Gasteiger partial charge in [-0.05, 0) is 43.2 Å². The Morgan fingerprint density at radius 3 is 2.67 bits per heavy atom. The van der Waals surface area contributed by atoms with E-state index in [4.69, 9.17) is 0 Å². The molecule has 0 aliphatic heterocycles. The van der Waals surface area contributed by atoms with Crippen LogP contribution in [0.4, 0.5) is 0 Å². The second-order valence-corrected chi connectivity index (χ2v) is 6.77. The normalized spacial score (nSPS) is 30.1. The Labute approximate surface area is 119 Å². The number of hydrogen-bond acceptors (Lipinski definition) is 1. The van der Waals surface area contributed by atoms with Crippen molar-refractivity contribution in [2.45, 2.75) is 52.1 Å². The molecule has 1 aromatic rings. The van der Waals surface area contributed by atoms with Crippen LogP contribution in [0.15, 0.2) is 28.7 Å². The summed E-state index contributed by atoms with van der Waals surface area (Å²) in [6, 6.07) is 9.60. The first kappa shape index (κ1) is 14.1. The van der Waals surface area contributed by atoms with Gasteiger partial charge in [-0.1, -0.05) is 54.4 Å². The third-order valence-corrected chi connectivity index (χ3v) is 5.02. The summed E-state index contributed by atoms with van der Waals surface area (Å²) in [5.41, 5.74) is 1.36. The number of rotatable bonds is 3. The Hall–Kier alpha value is -0.340. The molecule has 0 amide bonds. The molecule has 0 spiro atoms. The number of hydrogen-bond donors (Lipinski definition) is 1. The molecule has 1 aliphatic rings. The first-order valence-corrected chi connectivity index (χ1v) is 7.87. The summed E-state index contributed by atoms with van der Waals surface area (Å²) >= 11 is 3.65. The van der Waals surface area contributed by atoms with Crippen molar-refractivity contribution in [1.82, 2.24) is 5.32 Å². The van der Waals surface area contributed by atoms with Gasteiger partial charge in [0.05, 0.1) is 0 Å². The van der Waals surface area contributed by atoms with Crippen molar-refractivity contribution in [2.24, 2.45) is 11.8 Å². The van der Waals surface area contributed by atoms with E-state index in [0.717, 1.165) is 11.8 Å². The summed E-state index contributed by atoms with van der Waals surface area (Å²) in [5, 5.41) is 3.83. The number of halogens is 1. The van der Waals surface area contributed by atoms with Crippen molar-refractivity contribution in [2.75, 3.05) is 0 Å². The third kappa shape index (κ3) is 3.36. The Balaban J connectivity index is 2.02. The van der Waals surface area contributed by atoms with Gasteiger partial charge in [-0.15, -0.1) is 0 Å². The fraction of sp³-hybridized carbons (Fsp3) is 0.625. The van der Waals surface area contributed by atoms with Gasteiger partial charge in [0.15, 0.2) is 0 Å². The molecule has 3 unspecified atom stereocenters. The maximum atomic E-state index is 3.83. The summed E-state index contributed by atoms with van der Waals surface area (Å²) in [6.07, 6.45) is 4.07. The van der Waals surface area contributed by atoms with E-state index in [0.29, 0.717) is 12.1 Å². The van der Waals surface area contributed by atoms with E-state index in [9.17, 15) is 0 Å². The van der Waals surface area contributed by atoms with Gasteiger partial charge in [-0.3, -0.25) is 0 Å². The largest absolute Gasteiger partial charge is 0.307 e. The van der Waals surface area contributed by atoms with Crippen LogP contribution in [0.2, 0.25) is 0 Å². The molecule has 2 heteroatoms. The minimum Gasteiger partial charge on any atom is -0.307 e. The maximum Gasteiger partial charge on any atom is 0.0305 e. The Morgan fingerprint density at radius 2 is 1.94 bits per heavy atom. The van der Waals surface area contributed by atoms with Gasteiger partial charge < -0.3 is 5.32 Å². The Bertz CT molecular complexity index is 390. The molecule has 1 saturated carbocycles. The average Bonchev–Trinajstić information content (AvgIpc) is 2.34. The summed E-state index contributed by atoms with van der Waals surface area (Å²) in [7, 11) is 0. The van der Waals surface area contributed by atoms with Crippen LogP contribution in [0.5, 0.6) is 0 Å². The van der Waals surface area contributed by atoms with Crippen LogP contribution >= 0.6 is 15.9 Å². The molecule has 0 saturated heterocycles. The molecule has 1 nitrogen and oxygen atoms in total. The monoisotopic (exact) mass is 309 g/mol. The zero-order chi connectivity index (χ0) is 13.1. The standard InChI is InChI=1S/C16H24BrN/c1-11-8-9-12(2)16(10-11)18-13(3)14-6-4-5-7-15(14)17/h4-7,11-13,16,18H,8-10H2,1-3H3/t11?,12?,13-,16?/m1/s1. The molecular weight excluding hydrogens is 286 g/mol. The van der Waals surface area contributed by atoms with Crippen LogP contribution in [-0.4, -0.2) is 6.04 Å². The van der Waals surface area contributed by atoms with E-state index in [1.54, 1.807) is 0 Å². The molecular formula is C16H24BrN. The molecule has 0 aromatic heterocycles. The molecule has 100 valence electrons. The lowest BCUT2D eigenvalue weighted by atomic mass is 9.79. The SMILES string of the molecule is CC1CCC(C)C(N[C@H](C)c2ccccc2Br)C1. The molecule has 1 fully saturated rings. The molecule has 18 heavy (non-hydrogen) atoms. The van der Waals surface area contributed by atoms with Crippen LogP contribution in [0, 0.1) is 11.8 Å². The van der Waals surface area contributed by atoms with Crippen molar-refractivity contribution in [3.8, 4) is 0 Å². The molecule has 1 N–H and O–H groups in total. The second kappa shape index (κ2) is 6.21. The van der Waals surface area contributed by atoms with Crippen LogP contribution in [0.3, 0.4) is 0 Å². The lowest BCUT2D eigenvalue weighted by Gasteiger charge is -2.35. The van der Waals surface area contributed by atoms with E-state index in [1.165, 1.54) is 29.3 Å². The first-order chi connectivity index (χ1) is 8.58. The minimum atomic E-state index is 0.415. The maximum absolute atomic E-state index is 3.83. The van der Waals surface area contributed by atoms with E-state index < -0.39 is 0 Å². The molecule has 1 aromatic carbocycles. The smallest absolute Gasteiger partial charge is 0.0305 e. The van der Waals surface area contributed by atoms with Gasteiger partial charge >= 0.3 is 0 Å².